The number of rotatable bonds is 4. The summed E-state index contributed by atoms with van der Waals surface area (Å²) in [7, 11) is 4.19. The third-order valence-corrected chi connectivity index (χ3v) is 4.74. The molecule has 0 aliphatic heterocycles. The molecule has 2 unspecified atom stereocenters. The molecule has 1 fully saturated rings. The average molecular weight is 274 g/mol. The molecule has 0 aromatic heterocycles. The molecule has 0 bridgehead atoms. The van der Waals surface area contributed by atoms with E-state index in [9.17, 15) is 0 Å². The lowest BCUT2D eigenvalue weighted by Crippen LogP contribution is -2.35. The predicted octanol–water partition coefficient (Wildman–Crippen LogP) is 4.69. The van der Waals surface area contributed by atoms with E-state index in [1.807, 2.05) is 0 Å². The zero-order chi connectivity index (χ0) is 14.7. The van der Waals surface area contributed by atoms with Crippen LogP contribution in [-0.4, -0.2) is 20.1 Å². The summed E-state index contributed by atoms with van der Waals surface area (Å²) in [6, 6.07) is 7.38. The van der Waals surface area contributed by atoms with Gasteiger partial charge in [0.2, 0.25) is 0 Å². The Morgan fingerprint density at radius 1 is 1.15 bits per heavy atom. The van der Waals surface area contributed by atoms with Gasteiger partial charge in [-0.1, -0.05) is 26.7 Å². The van der Waals surface area contributed by atoms with Crippen molar-refractivity contribution in [3.63, 3.8) is 0 Å². The zero-order valence-electron chi connectivity index (χ0n) is 13.7. The molecule has 0 heterocycles. The number of aryl methyl sites for hydroxylation is 1. The number of anilines is 2. The fourth-order valence-electron chi connectivity index (χ4n) is 3.42. The highest BCUT2D eigenvalue weighted by atomic mass is 15.1. The Labute approximate surface area is 124 Å². The lowest BCUT2D eigenvalue weighted by Gasteiger charge is -2.36. The van der Waals surface area contributed by atoms with Crippen LogP contribution in [0.3, 0.4) is 0 Å². The molecule has 2 nitrogen and oxygen atoms in total. The van der Waals surface area contributed by atoms with Gasteiger partial charge in [0.25, 0.3) is 0 Å². The Morgan fingerprint density at radius 2 is 1.85 bits per heavy atom. The van der Waals surface area contributed by atoms with Crippen LogP contribution in [0.15, 0.2) is 18.2 Å². The first-order valence-corrected chi connectivity index (χ1v) is 8.03. The molecule has 1 aromatic carbocycles. The summed E-state index contributed by atoms with van der Waals surface area (Å²) >= 11 is 0. The first kappa shape index (κ1) is 15.2. The van der Waals surface area contributed by atoms with Crippen LogP contribution in [0, 0.1) is 18.8 Å². The highest BCUT2D eigenvalue weighted by Crippen LogP contribution is 2.33. The van der Waals surface area contributed by atoms with Gasteiger partial charge in [-0.3, -0.25) is 0 Å². The third kappa shape index (κ3) is 3.47. The van der Waals surface area contributed by atoms with E-state index in [1.54, 1.807) is 0 Å². The second-order valence-corrected chi connectivity index (χ2v) is 6.84. The second-order valence-electron chi connectivity index (χ2n) is 6.84. The highest BCUT2D eigenvalue weighted by molar-refractivity contribution is 5.60. The number of hydrogen-bond acceptors (Lipinski definition) is 2. The van der Waals surface area contributed by atoms with Crippen molar-refractivity contribution in [3.8, 4) is 0 Å². The van der Waals surface area contributed by atoms with E-state index < -0.39 is 0 Å². The SMILES string of the molecule is Cc1cc(N(C)C)ccc1NC1CCCCC1C(C)C. The summed E-state index contributed by atoms with van der Waals surface area (Å²) in [4.78, 5) is 2.16. The molecule has 0 spiro atoms. The Kier molecular flexibility index (Phi) is 4.95. The van der Waals surface area contributed by atoms with Gasteiger partial charge in [-0.2, -0.15) is 0 Å². The number of benzene rings is 1. The topological polar surface area (TPSA) is 15.3 Å². The minimum atomic E-state index is 0.646. The van der Waals surface area contributed by atoms with Gasteiger partial charge in [-0.15, -0.1) is 0 Å². The Morgan fingerprint density at radius 3 is 2.45 bits per heavy atom. The van der Waals surface area contributed by atoms with Crippen molar-refractivity contribution in [2.75, 3.05) is 24.3 Å². The van der Waals surface area contributed by atoms with Crippen molar-refractivity contribution >= 4 is 11.4 Å². The van der Waals surface area contributed by atoms with Gasteiger partial charge >= 0.3 is 0 Å². The average Bonchev–Trinajstić information content (AvgIpc) is 2.41. The summed E-state index contributed by atoms with van der Waals surface area (Å²) in [5, 5.41) is 3.83. The van der Waals surface area contributed by atoms with Crippen molar-refractivity contribution < 1.29 is 0 Å². The maximum Gasteiger partial charge on any atom is 0.0373 e. The van der Waals surface area contributed by atoms with Gasteiger partial charge in [0.1, 0.15) is 0 Å². The maximum absolute atomic E-state index is 3.83. The standard InChI is InChI=1S/C18H30N2/c1-13(2)16-8-6-7-9-18(16)19-17-11-10-15(20(4)5)12-14(17)3/h10-13,16,18-19H,6-9H2,1-5H3. The van der Waals surface area contributed by atoms with Crippen LogP contribution in [-0.2, 0) is 0 Å². The van der Waals surface area contributed by atoms with Gasteiger partial charge in [-0.05, 0) is 55.4 Å². The molecule has 0 saturated heterocycles. The van der Waals surface area contributed by atoms with Gasteiger partial charge in [-0.25, -0.2) is 0 Å². The monoisotopic (exact) mass is 274 g/mol. The molecule has 112 valence electrons. The molecule has 1 aliphatic carbocycles. The molecule has 2 heteroatoms. The van der Waals surface area contributed by atoms with Crippen LogP contribution >= 0.6 is 0 Å². The van der Waals surface area contributed by atoms with Crippen molar-refractivity contribution in [3.05, 3.63) is 23.8 Å². The zero-order valence-corrected chi connectivity index (χ0v) is 13.7. The van der Waals surface area contributed by atoms with E-state index in [2.05, 4.69) is 63.3 Å². The summed E-state index contributed by atoms with van der Waals surface area (Å²) in [6.07, 6.45) is 5.47. The van der Waals surface area contributed by atoms with Crippen LogP contribution in [0.2, 0.25) is 0 Å². The van der Waals surface area contributed by atoms with E-state index >= 15 is 0 Å². The fourth-order valence-corrected chi connectivity index (χ4v) is 3.42. The molecule has 1 aromatic rings. The summed E-state index contributed by atoms with van der Waals surface area (Å²) in [6.45, 7) is 6.95. The number of hydrogen-bond donors (Lipinski definition) is 1. The minimum absolute atomic E-state index is 0.646. The van der Waals surface area contributed by atoms with E-state index in [1.165, 1.54) is 42.6 Å². The molecule has 1 aliphatic rings. The van der Waals surface area contributed by atoms with E-state index in [0.717, 1.165) is 11.8 Å². The largest absolute Gasteiger partial charge is 0.382 e. The summed E-state index contributed by atoms with van der Waals surface area (Å²) < 4.78 is 0. The van der Waals surface area contributed by atoms with Crippen LogP contribution in [0.1, 0.15) is 45.1 Å². The Bertz CT molecular complexity index is 437. The van der Waals surface area contributed by atoms with Crippen molar-refractivity contribution in [2.24, 2.45) is 11.8 Å². The fraction of sp³-hybridized carbons (Fsp3) is 0.667. The van der Waals surface area contributed by atoms with Crippen molar-refractivity contribution in [2.45, 2.75) is 52.5 Å². The van der Waals surface area contributed by atoms with Crippen LogP contribution in [0.4, 0.5) is 11.4 Å². The van der Waals surface area contributed by atoms with Gasteiger partial charge in [0, 0.05) is 31.5 Å². The van der Waals surface area contributed by atoms with Crippen molar-refractivity contribution in [1.29, 1.82) is 0 Å². The van der Waals surface area contributed by atoms with Crippen LogP contribution < -0.4 is 10.2 Å². The summed E-state index contributed by atoms with van der Waals surface area (Å²) in [5.41, 5.74) is 3.94. The number of nitrogens with one attached hydrogen (secondary N) is 1. The molecule has 0 radical (unpaired) electrons. The summed E-state index contributed by atoms with van der Waals surface area (Å²) in [5.74, 6) is 1.59. The van der Waals surface area contributed by atoms with Crippen molar-refractivity contribution in [1.82, 2.24) is 0 Å². The lowest BCUT2D eigenvalue weighted by atomic mass is 9.77. The van der Waals surface area contributed by atoms with Gasteiger partial charge in [0.15, 0.2) is 0 Å². The minimum Gasteiger partial charge on any atom is -0.382 e. The quantitative estimate of drug-likeness (QED) is 0.857. The maximum atomic E-state index is 3.83. The molecule has 2 atom stereocenters. The van der Waals surface area contributed by atoms with Gasteiger partial charge in [0.05, 0.1) is 0 Å². The van der Waals surface area contributed by atoms with Crippen LogP contribution in [0.5, 0.6) is 0 Å². The van der Waals surface area contributed by atoms with E-state index in [-0.39, 0.29) is 0 Å². The molecular formula is C18H30N2. The normalized spacial score (nSPS) is 22.9. The smallest absolute Gasteiger partial charge is 0.0373 e. The first-order chi connectivity index (χ1) is 9.49. The second kappa shape index (κ2) is 6.51. The van der Waals surface area contributed by atoms with Crippen LogP contribution in [0.25, 0.3) is 0 Å². The van der Waals surface area contributed by atoms with E-state index in [4.69, 9.17) is 0 Å². The Balaban J connectivity index is 2.12. The molecular weight excluding hydrogens is 244 g/mol. The molecule has 20 heavy (non-hydrogen) atoms. The third-order valence-electron chi connectivity index (χ3n) is 4.74. The van der Waals surface area contributed by atoms with E-state index in [0.29, 0.717) is 6.04 Å². The molecule has 1 N–H and O–H groups in total. The predicted molar refractivity (Wildman–Crippen MR) is 89.7 cm³/mol. The lowest BCUT2D eigenvalue weighted by molar-refractivity contribution is 0.254. The Hall–Kier alpha value is -1.18. The molecule has 0 amide bonds. The molecule has 2 rings (SSSR count). The highest BCUT2D eigenvalue weighted by Gasteiger charge is 2.27. The van der Waals surface area contributed by atoms with Gasteiger partial charge < -0.3 is 10.2 Å². The molecule has 1 saturated carbocycles. The first-order valence-electron chi connectivity index (χ1n) is 8.03. The number of nitrogens with zero attached hydrogens (tertiary/aromatic N) is 1.